The second-order valence-electron chi connectivity index (χ2n) is 4.69. The summed E-state index contributed by atoms with van der Waals surface area (Å²) in [5.74, 6) is 1.24. The second-order valence-corrected chi connectivity index (χ2v) is 4.69. The maximum absolute atomic E-state index is 11.6. The van der Waals surface area contributed by atoms with Gasteiger partial charge in [-0.15, -0.1) is 0 Å². The third-order valence-corrected chi connectivity index (χ3v) is 2.46. The van der Waals surface area contributed by atoms with E-state index < -0.39 is 0 Å². The van der Waals surface area contributed by atoms with Crippen molar-refractivity contribution in [3.8, 4) is 0 Å². The highest BCUT2D eigenvalue weighted by molar-refractivity contribution is 5.88. The van der Waals surface area contributed by atoms with Crippen LogP contribution >= 0.6 is 0 Å². The Morgan fingerprint density at radius 3 is 2.65 bits per heavy atom. The summed E-state index contributed by atoms with van der Waals surface area (Å²) in [6.07, 6.45) is 3.76. The fourth-order valence-electron chi connectivity index (χ4n) is 1.47. The first-order chi connectivity index (χ1) is 8.08. The van der Waals surface area contributed by atoms with Crippen molar-refractivity contribution in [3.63, 3.8) is 0 Å². The van der Waals surface area contributed by atoms with E-state index in [9.17, 15) is 4.79 Å². The molecule has 0 aliphatic rings. The summed E-state index contributed by atoms with van der Waals surface area (Å²) in [7, 11) is 0. The number of amides is 2. The Hall–Kier alpha value is -1.58. The Kier molecular flexibility index (Phi) is 5.46. The van der Waals surface area contributed by atoms with Crippen LogP contribution in [-0.4, -0.2) is 17.1 Å². The van der Waals surface area contributed by atoms with Crippen molar-refractivity contribution in [1.82, 2.24) is 10.3 Å². The molecule has 2 amide bonds. The zero-order valence-electron chi connectivity index (χ0n) is 10.7. The molecule has 0 spiro atoms. The number of pyridine rings is 1. The van der Waals surface area contributed by atoms with Crippen molar-refractivity contribution in [2.24, 2.45) is 5.92 Å². The van der Waals surface area contributed by atoms with E-state index in [1.54, 1.807) is 12.3 Å². The first-order valence-corrected chi connectivity index (χ1v) is 6.06. The van der Waals surface area contributed by atoms with E-state index in [1.165, 1.54) is 0 Å². The summed E-state index contributed by atoms with van der Waals surface area (Å²) < 4.78 is 0. The molecule has 94 valence electrons. The first kappa shape index (κ1) is 13.5. The fourth-order valence-corrected chi connectivity index (χ4v) is 1.47. The SMILES string of the molecule is CC(C)CCC(C)NC(=O)Nc1ccccn1. The van der Waals surface area contributed by atoms with Crippen LogP contribution in [0.15, 0.2) is 24.4 Å². The molecular weight excluding hydrogens is 214 g/mol. The monoisotopic (exact) mass is 235 g/mol. The van der Waals surface area contributed by atoms with Crippen molar-refractivity contribution < 1.29 is 4.79 Å². The summed E-state index contributed by atoms with van der Waals surface area (Å²) in [5, 5.41) is 5.59. The van der Waals surface area contributed by atoms with Gasteiger partial charge in [0.1, 0.15) is 5.82 Å². The smallest absolute Gasteiger partial charge is 0.320 e. The predicted octanol–water partition coefficient (Wildman–Crippen LogP) is 3.03. The van der Waals surface area contributed by atoms with Crippen LogP contribution in [0.3, 0.4) is 0 Å². The number of nitrogens with zero attached hydrogens (tertiary/aromatic N) is 1. The summed E-state index contributed by atoms with van der Waals surface area (Å²) >= 11 is 0. The molecule has 0 aliphatic carbocycles. The number of carbonyl (C=O) groups excluding carboxylic acids is 1. The summed E-state index contributed by atoms with van der Waals surface area (Å²) in [6, 6.07) is 5.40. The van der Waals surface area contributed by atoms with E-state index in [2.05, 4.69) is 29.5 Å². The average molecular weight is 235 g/mol. The number of rotatable bonds is 5. The van der Waals surface area contributed by atoms with Gasteiger partial charge in [-0.1, -0.05) is 19.9 Å². The molecule has 0 radical (unpaired) electrons. The van der Waals surface area contributed by atoms with Crippen molar-refractivity contribution in [2.45, 2.75) is 39.7 Å². The molecule has 0 bridgehead atoms. The van der Waals surface area contributed by atoms with Gasteiger partial charge in [0.2, 0.25) is 0 Å². The molecular formula is C13H21N3O. The molecule has 2 N–H and O–H groups in total. The van der Waals surface area contributed by atoms with Gasteiger partial charge < -0.3 is 5.32 Å². The van der Waals surface area contributed by atoms with Crippen LogP contribution < -0.4 is 10.6 Å². The van der Waals surface area contributed by atoms with Crippen LogP contribution in [-0.2, 0) is 0 Å². The molecule has 0 aromatic carbocycles. The largest absolute Gasteiger partial charge is 0.335 e. The number of urea groups is 1. The van der Waals surface area contributed by atoms with Crippen molar-refractivity contribution in [1.29, 1.82) is 0 Å². The number of hydrogen-bond acceptors (Lipinski definition) is 2. The molecule has 4 heteroatoms. The Morgan fingerprint density at radius 2 is 2.06 bits per heavy atom. The van der Waals surface area contributed by atoms with Crippen LogP contribution in [0.1, 0.15) is 33.6 Å². The van der Waals surface area contributed by atoms with Crippen LogP contribution in [0, 0.1) is 5.92 Å². The molecule has 0 aliphatic heterocycles. The zero-order chi connectivity index (χ0) is 12.7. The van der Waals surface area contributed by atoms with E-state index in [1.807, 2.05) is 19.1 Å². The molecule has 1 heterocycles. The van der Waals surface area contributed by atoms with Gasteiger partial charge in [-0.2, -0.15) is 0 Å². The van der Waals surface area contributed by atoms with E-state index in [-0.39, 0.29) is 12.1 Å². The van der Waals surface area contributed by atoms with Crippen molar-refractivity contribution in [3.05, 3.63) is 24.4 Å². The van der Waals surface area contributed by atoms with E-state index in [4.69, 9.17) is 0 Å². The molecule has 1 rings (SSSR count). The van der Waals surface area contributed by atoms with Gasteiger partial charge in [0, 0.05) is 12.2 Å². The lowest BCUT2D eigenvalue weighted by molar-refractivity contribution is 0.248. The van der Waals surface area contributed by atoms with Gasteiger partial charge in [0.05, 0.1) is 0 Å². The van der Waals surface area contributed by atoms with Crippen molar-refractivity contribution >= 4 is 11.8 Å². The van der Waals surface area contributed by atoms with Crippen LogP contribution in [0.5, 0.6) is 0 Å². The van der Waals surface area contributed by atoms with E-state index >= 15 is 0 Å². The Balaban J connectivity index is 2.29. The highest BCUT2D eigenvalue weighted by Gasteiger charge is 2.08. The Labute approximate surface area is 103 Å². The maximum atomic E-state index is 11.6. The quantitative estimate of drug-likeness (QED) is 0.824. The predicted molar refractivity (Wildman–Crippen MR) is 69.9 cm³/mol. The molecule has 0 saturated heterocycles. The third-order valence-electron chi connectivity index (χ3n) is 2.46. The van der Waals surface area contributed by atoms with Gasteiger partial charge in [0.15, 0.2) is 0 Å². The molecule has 1 aromatic rings. The summed E-state index contributed by atoms with van der Waals surface area (Å²) in [5.41, 5.74) is 0. The number of hydrogen-bond donors (Lipinski definition) is 2. The van der Waals surface area contributed by atoms with Gasteiger partial charge in [-0.3, -0.25) is 5.32 Å². The van der Waals surface area contributed by atoms with Gasteiger partial charge >= 0.3 is 6.03 Å². The number of carbonyl (C=O) groups is 1. The topological polar surface area (TPSA) is 54.0 Å². The minimum Gasteiger partial charge on any atom is -0.335 e. The normalized spacial score (nSPS) is 12.2. The number of nitrogens with one attached hydrogen (secondary N) is 2. The minimum atomic E-state index is -0.194. The van der Waals surface area contributed by atoms with Crippen molar-refractivity contribution in [2.75, 3.05) is 5.32 Å². The Morgan fingerprint density at radius 1 is 1.29 bits per heavy atom. The molecule has 17 heavy (non-hydrogen) atoms. The summed E-state index contributed by atoms with van der Waals surface area (Å²) in [6.45, 7) is 6.38. The Bertz CT molecular complexity index is 338. The highest BCUT2D eigenvalue weighted by Crippen LogP contribution is 2.06. The van der Waals surface area contributed by atoms with Crippen LogP contribution in [0.25, 0.3) is 0 Å². The maximum Gasteiger partial charge on any atom is 0.320 e. The zero-order valence-corrected chi connectivity index (χ0v) is 10.7. The summed E-state index contributed by atoms with van der Waals surface area (Å²) in [4.78, 5) is 15.6. The molecule has 1 atom stereocenters. The van der Waals surface area contributed by atoms with Gasteiger partial charge in [0.25, 0.3) is 0 Å². The molecule has 4 nitrogen and oxygen atoms in total. The standard InChI is InChI=1S/C13H21N3O/c1-10(2)7-8-11(3)15-13(17)16-12-6-4-5-9-14-12/h4-6,9-11H,7-8H2,1-3H3,(H2,14,15,16,17). The van der Waals surface area contributed by atoms with E-state index in [0.29, 0.717) is 11.7 Å². The van der Waals surface area contributed by atoms with Crippen LogP contribution in [0.2, 0.25) is 0 Å². The lowest BCUT2D eigenvalue weighted by Gasteiger charge is -2.15. The lowest BCUT2D eigenvalue weighted by Crippen LogP contribution is -2.36. The lowest BCUT2D eigenvalue weighted by atomic mass is 10.0. The van der Waals surface area contributed by atoms with Gasteiger partial charge in [-0.05, 0) is 37.8 Å². The number of anilines is 1. The van der Waals surface area contributed by atoms with E-state index in [0.717, 1.165) is 12.8 Å². The molecule has 0 fully saturated rings. The first-order valence-electron chi connectivity index (χ1n) is 6.06. The fraction of sp³-hybridized carbons (Fsp3) is 0.538. The third kappa shape index (κ3) is 5.90. The van der Waals surface area contributed by atoms with Crippen LogP contribution in [0.4, 0.5) is 10.6 Å². The minimum absolute atomic E-state index is 0.182. The number of aromatic nitrogens is 1. The van der Waals surface area contributed by atoms with Gasteiger partial charge in [-0.25, -0.2) is 9.78 Å². The highest BCUT2D eigenvalue weighted by atomic mass is 16.2. The average Bonchev–Trinajstić information content (AvgIpc) is 2.27. The second kappa shape index (κ2) is 6.89. The molecule has 1 aromatic heterocycles. The molecule has 1 unspecified atom stereocenters. The molecule has 0 saturated carbocycles.